The molecule has 54 valence electrons. The molecule has 0 radical (unpaired) electrons. The summed E-state index contributed by atoms with van der Waals surface area (Å²) < 4.78 is 0. The van der Waals surface area contributed by atoms with Crippen LogP contribution >= 0.6 is 11.3 Å². The van der Waals surface area contributed by atoms with Crippen molar-refractivity contribution in [2.24, 2.45) is 5.84 Å². The fourth-order valence-corrected chi connectivity index (χ4v) is 1.26. The van der Waals surface area contributed by atoms with Gasteiger partial charge in [-0.3, -0.25) is 4.79 Å². The predicted molar refractivity (Wildman–Crippen MR) is 41.7 cm³/mol. The van der Waals surface area contributed by atoms with Crippen molar-refractivity contribution in [1.82, 2.24) is 0 Å². The van der Waals surface area contributed by atoms with E-state index in [1.807, 2.05) is 11.4 Å². The molecule has 0 saturated heterocycles. The van der Waals surface area contributed by atoms with Gasteiger partial charge in [0.15, 0.2) is 0 Å². The van der Waals surface area contributed by atoms with Crippen LogP contribution in [0.25, 0.3) is 0 Å². The van der Waals surface area contributed by atoms with Crippen molar-refractivity contribution in [3.05, 3.63) is 17.5 Å². The summed E-state index contributed by atoms with van der Waals surface area (Å²) in [6, 6.07) is 3.65. The lowest BCUT2D eigenvalue weighted by atomic mass is 10.6. The Morgan fingerprint density at radius 3 is 2.90 bits per heavy atom. The molecular weight excluding hydrogens is 148 g/mol. The maximum absolute atomic E-state index is 10.6. The predicted octanol–water partition coefficient (Wildman–Crippen LogP) is 0.975. The summed E-state index contributed by atoms with van der Waals surface area (Å²) in [6.07, 6.45) is 0. The first-order valence-electron chi connectivity index (χ1n) is 2.80. The van der Waals surface area contributed by atoms with Crippen LogP contribution in [0.5, 0.6) is 0 Å². The number of rotatable bonds is 1. The van der Waals surface area contributed by atoms with E-state index in [1.54, 1.807) is 6.07 Å². The molecule has 0 aliphatic heterocycles. The number of amides is 1. The molecule has 4 heteroatoms. The Balaban J connectivity index is 2.77. The van der Waals surface area contributed by atoms with Gasteiger partial charge in [0, 0.05) is 6.92 Å². The average Bonchev–Trinajstić information content (AvgIpc) is 2.36. The van der Waals surface area contributed by atoms with E-state index in [0.717, 1.165) is 10.0 Å². The highest BCUT2D eigenvalue weighted by atomic mass is 32.1. The molecule has 1 rings (SSSR count). The minimum atomic E-state index is -0.151. The minimum Gasteiger partial charge on any atom is -0.273 e. The van der Waals surface area contributed by atoms with Crippen molar-refractivity contribution in [1.29, 1.82) is 0 Å². The molecule has 0 unspecified atom stereocenters. The molecule has 10 heavy (non-hydrogen) atoms. The highest BCUT2D eigenvalue weighted by Crippen LogP contribution is 2.17. The Morgan fingerprint density at radius 2 is 2.50 bits per heavy atom. The average molecular weight is 156 g/mol. The number of anilines is 1. The Bertz CT molecular complexity index is 220. The number of hydrogen-bond acceptors (Lipinski definition) is 3. The summed E-state index contributed by atoms with van der Waals surface area (Å²) in [4.78, 5) is 10.6. The van der Waals surface area contributed by atoms with E-state index in [2.05, 4.69) is 0 Å². The Labute approximate surface area is 63.0 Å². The van der Waals surface area contributed by atoms with Gasteiger partial charge in [0.1, 0.15) is 5.00 Å². The smallest absolute Gasteiger partial charge is 0.238 e. The molecule has 0 aromatic carbocycles. The van der Waals surface area contributed by atoms with Crippen molar-refractivity contribution in [2.75, 3.05) is 5.01 Å². The maximum atomic E-state index is 10.6. The first kappa shape index (κ1) is 7.24. The van der Waals surface area contributed by atoms with E-state index in [0.29, 0.717) is 0 Å². The second-order valence-corrected chi connectivity index (χ2v) is 2.77. The van der Waals surface area contributed by atoms with E-state index in [-0.39, 0.29) is 5.91 Å². The van der Waals surface area contributed by atoms with Crippen molar-refractivity contribution in [3.63, 3.8) is 0 Å². The van der Waals surface area contributed by atoms with Crippen LogP contribution in [0.1, 0.15) is 6.92 Å². The van der Waals surface area contributed by atoms with Crippen LogP contribution in [0.2, 0.25) is 0 Å². The number of thiophene rings is 1. The van der Waals surface area contributed by atoms with Gasteiger partial charge in [0.25, 0.3) is 0 Å². The van der Waals surface area contributed by atoms with Gasteiger partial charge in [0.2, 0.25) is 5.91 Å². The van der Waals surface area contributed by atoms with Crippen LogP contribution in [0.4, 0.5) is 5.00 Å². The zero-order valence-electron chi connectivity index (χ0n) is 5.57. The zero-order chi connectivity index (χ0) is 7.56. The highest BCUT2D eigenvalue weighted by Gasteiger charge is 2.04. The molecular formula is C6H8N2OS. The van der Waals surface area contributed by atoms with Gasteiger partial charge in [-0.05, 0) is 17.5 Å². The zero-order valence-corrected chi connectivity index (χ0v) is 6.39. The third-order valence-corrected chi connectivity index (χ3v) is 1.95. The molecule has 0 atom stereocenters. The molecule has 1 aromatic rings. The summed E-state index contributed by atoms with van der Waals surface area (Å²) in [7, 11) is 0. The van der Waals surface area contributed by atoms with Gasteiger partial charge in [-0.15, -0.1) is 11.3 Å². The van der Waals surface area contributed by atoms with E-state index < -0.39 is 0 Å². The number of nitrogens with two attached hydrogens (primary N) is 1. The molecule has 1 amide bonds. The molecule has 0 bridgehead atoms. The Kier molecular flexibility index (Phi) is 2.03. The van der Waals surface area contributed by atoms with Gasteiger partial charge >= 0.3 is 0 Å². The molecule has 2 N–H and O–H groups in total. The van der Waals surface area contributed by atoms with Gasteiger partial charge in [-0.2, -0.15) is 0 Å². The summed E-state index contributed by atoms with van der Waals surface area (Å²) in [5.74, 6) is 5.23. The first-order valence-corrected chi connectivity index (χ1v) is 3.68. The Morgan fingerprint density at radius 1 is 1.80 bits per heavy atom. The van der Waals surface area contributed by atoms with Crippen LogP contribution in [-0.2, 0) is 4.79 Å². The summed E-state index contributed by atoms with van der Waals surface area (Å²) in [5, 5.41) is 3.77. The van der Waals surface area contributed by atoms with E-state index >= 15 is 0 Å². The molecule has 1 aromatic heterocycles. The second kappa shape index (κ2) is 2.81. The molecule has 0 aliphatic rings. The molecule has 1 heterocycles. The summed E-state index contributed by atoms with van der Waals surface area (Å²) in [6.45, 7) is 1.43. The normalized spacial score (nSPS) is 9.40. The van der Waals surface area contributed by atoms with Crippen LogP contribution in [0.15, 0.2) is 17.5 Å². The van der Waals surface area contributed by atoms with E-state index in [4.69, 9.17) is 5.84 Å². The van der Waals surface area contributed by atoms with Gasteiger partial charge in [0.05, 0.1) is 0 Å². The molecule has 0 aliphatic carbocycles. The van der Waals surface area contributed by atoms with Crippen LogP contribution in [0, 0.1) is 0 Å². The topological polar surface area (TPSA) is 46.3 Å². The van der Waals surface area contributed by atoms with Crippen LogP contribution in [0.3, 0.4) is 0 Å². The highest BCUT2D eigenvalue weighted by molar-refractivity contribution is 7.14. The lowest BCUT2D eigenvalue weighted by Gasteiger charge is -2.09. The quantitative estimate of drug-likeness (QED) is 0.374. The molecule has 3 nitrogen and oxygen atoms in total. The first-order chi connectivity index (χ1) is 4.72. The maximum Gasteiger partial charge on any atom is 0.238 e. The SMILES string of the molecule is CC(=O)N(N)c1cccs1. The number of carbonyl (C=O) groups is 1. The summed E-state index contributed by atoms with van der Waals surface area (Å²) >= 11 is 1.44. The van der Waals surface area contributed by atoms with Crippen molar-refractivity contribution >= 4 is 22.2 Å². The third-order valence-electron chi connectivity index (χ3n) is 1.08. The van der Waals surface area contributed by atoms with Crippen LogP contribution in [-0.4, -0.2) is 5.91 Å². The number of hydrazine groups is 1. The second-order valence-electron chi connectivity index (χ2n) is 1.84. The number of carbonyl (C=O) groups excluding carboxylic acids is 1. The summed E-state index contributed by atoms with van der Waals surface area (Å²) in [5.41, 5.74) is 0. The lowest BCUT2D eigenvalue weighted by Crippen LogP contribution is -2.34. The standard InChI is InChI=1S/C6H8N2OS/c1-5(9)8(7)6-3-2-4-10-6/h2-4H,7H2,1H3. The molecule has 0 saturated carbocycles. The third kappa shape index (κ3) is 1.34. The van der Waals surface area contributed by atoms with Gasteiger partial charge in [-0.25, -0.2) is 10.9 Å². The Hall–Kier alpha value is -0.870. The lowest BCUT2D eigenvalue weighted by molar-refractivity contribution is -0.116. The molecule has 0 fully saturated rings. The number of nitrogens with zero attached hydrogens (tertiary/aromatic N) is 1. The van der Waals surface area contributed by atoms with Gasteiger partial charge < -0.3 is 0 Å². The largest absolute Gasteiger partial charge is 0.273 e. The van der Waals surface area contributed by atoms with Crippen molar-refractivity contribution in [2.45, 2.75) is 6.92 Å². The van der Waals surface area contributed by atoms with Crippen molar-refractivity contribution < 1.29 is 4.79 Å². The van der Waals surface area contributed by atoms with Gasteiger partial charge in [-0.1, -0.05) is 0 Å². The fraction of sp³-hybridized carbons (Fsp3) is 0.167. The van der Waals surface area contributed by atoms with Crippen molar-refractivity contribution in [3.8, 4) is 0 Å². The monoisotopic (exact) mass is 156 g/mol. The fourth-order valence-electron chi connectivity index (χ4n) is 0.562. The minimum absolute atomic E-state index is 0.151. The molecule has 0 spiro atoms. The van der Waals surface area contributed by atoms with E-state index in [9.17, 15) is 4.79 Å². The van der Waals surface area contributed by atoms with Crippen LogP contribution < -0.4 is 10.9 Å². The number of hydrogen-bond donors (Lipinski definition) is 1. The van der Waals surface area contributed by atoms with E-state index in [1.165, 1.54) is 18.3 Å².